The Bertz CT molecular complexity index is 537. The third-order valence-corrected chi connectivity index (χ3v) is 3.57. The Labute approximate surface area is 104 Å². The second-order valence-electron chi connectivity index (χ2n) is 3.82. The number of thiazole rings is 1. The minimum absolute atomic E-state index is 0.672. The van der Waals surface area contributed by atoms with Gasteiger partial charge in [-0.05, 0) is 37.1 Å². The molecule has 0 fully saturated rings. The number of hydrogen-bond donors (Lipinski definition) is 2. The van der Waals surface area contributed by atoms with E-state index in [0.29, 0.717) is 5.82 Å². The molecule has 17 heavy (non-hydrogen) atoms. The number of aryl methyl sites for hydroxylation is 2. The van der Waals surface area contributed by atoms with Crippen molar-refractivity contribution in [2.24, 2.45) is 5.84 Å². The van der Waals surface area contributed by atoms with Gasteiger partial charge in [0.2, 0.25) is 0 Å². The zero-order chi connectivity index (χ0) is 12.4. The van der Waals surface area contributed by atoms with Crippen LogP contribution in [0, 0.1) is 13.8 Å². The maximum atomic E-state index is 5.39. The third kappa shape index (κ3) is 2.25. The number of rotatable bonds is 3. The molecule has 0 aliphatic rings. The van der Waals surface area contributed by atoms with E-state index in [9.17, 15) is 0 Å². The number of nitrogens with two attached hydrogens (primary N) is 1. The molecule has 1 aromatic heterocycles. The molecule has 0 saturated heterocycles. The number of benzene rings is 1. The number of hydrazine groups is 1. The summed E-state index contributed by atoms with van der Waals surface area (Å²) in [6.45, 7) is 4.14. The summed E-state index contributed by atoms with van der Waals surface area (Å²) in [5.41, 5.74) is 5.97. The van der Waals surface area contributed by atoms with Crippen molar-refractivity contribution in [1.29, 1.82) is 0 Å². The summed E-state index contributed by atoms with van der Waals surface area (Å²) >= 11 is 1.54. The first-order valence-electron chi connectivity index (χ1n) is 5.23. The van der Waals surface area contributed by atoms with Gasteiger partial charge >= 0.3 is 0 Å². The number of nitrogens with one attached hydrogen (secondary N) is 1. The molecular formula is C12H15N3OS. The van der Waals surface area contributed by atoms with Gasteiger partial charge in [-0.25, -0.2) is 10.8 Å². The molecule has 3 N–H and O–H groups in total. The van der Waals surface area contributed by atoms with Crippen LogP contribution in [0.1, 0.15) is 11.1 Å². The fraction of sp³-hybridized carbons (Fsp3) is 0.250. The molecule has 0 amide bonds. The summed E-state index contributed by atoms with van der Waals surface area (Å²) in [6, 6.07) is 4.12. The van der Waals surface area contributed by atoms with Crippen LogP contribution in [0.2, 0.25) is 0 Å². The van der Waals surface area contributed by atoms with E-state index in [1.165, 1.54) is 22.5 Å². The molecule has 0 atom stereocenters. The van der Waals surface area contributed by atoms with Gasteiger partial charge in [-0.2, -0.15) is 0 Å². The molecule has 0 aliphatic carbocycles. The van der Waals surface area contributed by atoms with Crippen LogP contribution in [0.15, 0.2) is 17.5 Å². The minimum Gasteiger partial charge on any atom is -0.496 e. The molecule has 2 aromatic rings. The van der Waals surface area contributed by atoms with Crippen LogP contribution >= 0.6 is 11.3 Å². The Morgan fingerprint density at radius 2 is 2.00 bits per heavy atom. The number of anilines is 1. The highest BCUT2D eigenvalue weighted by Crippen LogP contribution is 2.35. The number of nitrogen functional groups attached to an aromatic ring is 1. The van der Waals surface area contributed by atoms with Crippen molar-refractivity contribution >= 4 is 17.2 Å². The average Bonchev–Trinajstić information content (AvgIpc) is 2.80. The van der Waals surface area contributed by atoms with Crippen LogP contribution in [0.4, 0.5) is 5.82 Å². The summed E-state index contributed by atoms with van der Waals surface area (Å²) in [7, 11) is 1.67. The fourth-order valence-corrected chi connectivity index (χ4v) is 2.37. The Balaban J connectivity index is 2.53. The SMILES string of the molecule is COc1cc(C)c(C)cc1-c1nc(NN)cs1. The van der Waals surface area contributed by atoms with Crippen molar-refractivity contribution in [3.05, 3.63) is 28.6 Å². The van der Waals surface area contributed by atoms with Crippen molar-refractivity contribution in [1.82, 2.24) is 4.98 Å². The topological polar surface area (TPSA) is 60.2 Å². The Hall–Kier alpha value is -1.59. The smallest absolute Gasteiger partial charge is 0.151 e. The zero-order valence-corrected chi connectivity index (χ0v) is 10.9. The molecule has 0 unspecified atom stereocenters. The number of methoxy groups -OCH3 is 1. The highest BCUT2D eigenvalue weighted by Gasteiger charge is 2.11. The highest BCUT2D eigenvalue weighted by atomic mass is 32.1. The summed E-state index contributed by atoms with van der Waals surface area (Å²) in [5.74, 6) is 6.84. The van der Waals surface area contributed by atoms with E-state index in [0.717, 1.165) is 16.3 Å². The van der Waals surface area contributed by atoms with Gasteiger partial charge in [0, 0.05) is 5.38 Å². The minimum atomic E-state index is 0.672. The first kappa shape index (κ1) is 11.9. The molecule has 1 aromatic carbocycles. The molecule has 0 bridgehead atoms. The maximum absolute atomic E-state index is 5.39. The summed E-state index contributed by atoms with van der Waals surface area (Å²) < 4.78 is 5.39. The first-order valence-corrected chi connectivity index (χ1v) is 6.11. The molecule has 90 valence electrons. The van der Waals surface area contributed by atoms with Crippen molar-refractivity contribution in [3.8, 4) is 16.3 Å². The van der Waals surface area contributed by atoms with E-state index in [1.807, 2.05) is 11.4 Å². The normalized spacial score (nSPS) is 10.4. The van der Waals surface area contributed by atoms with Crippen LogP contribution < -0.4 is 16.0 Å². The van der Waals surface area contributed by atoms with Gasteiger partial charge < -0.3 is 10.2 Å². The Morgan fingerprint density at radius 3 is 2.59 bits per heavy atom. The lowest BCUT2D eigenvalue weighted by Crippen LogP contribution is -2.06. The van der Waals surface area contributed by atoms with Gasteiger partial charge in [0.05, 0.1) is 12.7 Å². The number of hydrogen-bond acceptors (Lipinski definition) is 5. The molecule has 0 spiro atoms. The maximum Gasteiger partial charge on any atom is 0.151 e. The largest absolute Gasteiger partial charge is 0.496 e. The molecule has 0 aliphatic heterocycles. The summed E-state index contributed by atoms with van der Waals surface area (Å²) in [4.78, 5) is 4.38. The third-order valence-electron chi connectivity index (χ3n) is 2.70. The lowest BCUT2D eigenvalue weighted by molar-refractivity contribution is 0.416. The summed E-state index contributed by atoms with van der Waals surface area (Å²) in [6.07, 6.45) is 0. The molecule has 5 heteroatoms. The van der Waals surface area contributed by atoms with E-state index in [1.54, 1.807) is 7.11 Å². The molecular weight excluding hydrogens is 234 g/mol. The van der Waals surface area contributed by atoms with Gasteiger partial charge in [-0.15, -0.1) is 11.3 Å². The van der Waals surface area contributed by atoms with Crippen molar-refractivity contribution in [2.75, 3.05) is 12.5 Å². The predicted molar refractivity (Wildman–Crippen MR) is 71.4 cm³/mol. The van der Waals surface area contributed by atoms with Crippen LogP contribution in [-0.2, 0) is 0 Å². The zero-order valence-electron chi connectivity index (χ0n) is 10.1. The van der Waals surface area contributed by atoms with Crippen molar-refractivity contribution < 1.29 is 4.74 Å². The van der Waals surface area contributed by atoms with E-state index >= 15 is 0 Å². The molecule has 2 rings (SSSR count). The average molecular weight is 249 g/mol. The Kier molecular flexibility index (Phi) is 3.31. The number of nitrogens with zero attached hydrogens (tertiary/aromatic N) is 1. The van der Waals surface area contributed by atoms with Crippen LogP contribution in [0.5, 0.6) is 5.75 Å². The van der Waals surface area contributed by atoms with Gasteiger partial charge in [0.1, 0.15) is 10.8 Å². The van der Waals surface area contributed by atoms with E-state index in [2.05, 4.69) is 30.3 Å². The van der Waals surface area contributed by atoms with Crippen LogP contribution in [-0.4, -0.2) is 12.1 Å². The number of aromatic nitrogens is 1. The van der Waals surface area contributed by atoms with Gasteiger partial charge in [-0.1, -0.05) is 0 Å². The quantitative estimate of drug-likeness (QED) is 0.648. The van der Waals surface area contributed by atoms with Crippen molar-refractivity contribution in [3.63, 3.8) is 0 Å². The van der Waals surface area contributed by atoms with Crippen molar-refractivity contribution in [2.45, 2.75) is 13.8 Å². The Morgan fingerprint density at radius 1 is 1.29 bits per heavy atom. The number of ether oxygens (including phenoxy) is 1. The van der Waals surface area contributed by atoms with E-state index in [-0.39, 0.29) is 0 Å². The predicted octanol–water partition coefficient (Wildman–Crippen LogP) is 2.72. The van der Waals surface area contributed by atoms with E-state index in [4.69, 9.17) is 10.6 Å². The lowest BCUT2D eigenvalue weighted by Gasteiger charge is -2.09. The van der Waals surface area contributed by atoms with Crippen LogP contribution in [0.3, 0.4) is 0 Å². The fourth-order valence-electron chi connectivity index (χ4n) is 1.59. The van der Waals surface area contributed by atoms with E-state index < -0.39 is 0 Å². The van der Waals surface area contributed by atoms with Gasteiger partial charge in [0.25, 0.3) is 0 Å². The molecule has 0 saturated carbocycles. The van der Waals surface area contributed by atoms with Crippen LogP contribution in [0.25, 0.3) is 10.6 Å². The summed E-state index contributed by atoms with van der Waals surface area (Å²) in [5, 5.41) is 2.78. The molecule has 0 radical (unpaired) electrons. The highest BCUT2D eigenvalue weighted by molar-refractivity contribution is 7.13. The second-order valence-corrected chi connectivity index (χ2v) is 4.68. The first-order chi connectivity index (χ1) is 8.15. The monoisotopic (exact) mass is 249 g/mol. The standard InChI is InChI=1S/C12H15N3OS/c1-7-4-9(10(16-3)5-8(7)2)12-14-11(15-13)6-17-12/h4-6,15H,13H2,1-3H3. The lowest BCUT2D eigenvalue weighted by atomic mass is 10.1. The molecule has 1 heterocycles. The van der Waals surface area contributed by atoms with Gasteiger partial charge in [0.15, 0.2) is 5.82 Å². The van der Waals surface area contributed by atoms with Gasteiger partial charge in [-0.3, -0.25) is 0 Å². The second kappa shape index (κ2) is 4.73. The molecule has 4 nitrogen and oxygen atoms in total.